The first-order valence-corrected chi connectivity index (χ1v) is 9.69. The third kappa shape index (κ3) is 2.77. The number of amides is 1. The van der Waals surface area contributed by atoms with Gasteiger partial charge < -0.3 is 20.2 Å². The van der Waals surface area contributed by atoms with Crippen LogP contribution in [-0.4, -0.2) is 44.5 Å². The van der Waals surface area contributed by atoms with Crippen molar-refractivity contribution in [1.82, 2.24) is 19.4 Å². The molecule has 3 N–H and O–H groups in total. The molecule has 4 aromatic rings. The van der Waals surface area contributed by atoms with Crippen LogP contribution in [0, 0.1) is 0 Å². The zero-order valence-corrected chi connectivity index (χ0v) is 15.9. The maximum absolute atomic E-state index is 12.9. The first kappa shape index (κ1) is 17.0. The van der Waals surface area contributed by atoms with Gasteiger partial charge in [-0.05, 0) is 43.2 Å². The van der Waals surface area contributed by atoms with E-state index in [0.717, 1.165) is 52.8 Å². The van der Waals surface area contributed by atoms with Crippen LogP contribution < -0.4 is 5.73 Å². The molecule has 0 radical (unpaired) electrons. The lowest BCUT2D eigenvalue weighted by Crippen LogP contribution is -2.45. The number of hydrogen-bond acceptors (Lipinski definition) is 3. The summed E-state index contributed by atoms with van der Waals surface area (Å²) in [6, 6.07) is 16.1. The van der Waals surface area contributed by atoms with Crippen molar-refractivity contribution in [2.24, 2.45) is 12.8 Å². The fraction of sp³-hybridized carbons (Fsp3) is 0.273. The standard InChI is InChI=1S/C22H23N5O/c1-26-20-9-8-15(22(28)27-10-4-6-16(23)13-27)12-18(20)25-21(26)19-11-14-5-2-3-7-17(14)24-19/h2-3,5,7-9,11-12,16,24H,4,6,10,13,23H2,1H3/t16-/m1/s1. The lowest BCUT2D eigenvalue weighted by Gasteiger charge is -2.30. The van der Waals surface area contributed by atoms with Crippen molar-refractivity contribution in [3.63, 3.8) is 0 Å². The third-order valence-corrected chi connectivity index (χ3v) is 5.64. The fourth-order valence-corrected chi connectivity index (χ4v) is 4.14. The number of nitrogens with one attached hydrogen (secondary N) is 1. The molecule has 1 atom stereocenters. The minimum absolute atomic E-state index is 0.0369. The van der Waals surface area contributed by atoms with Gasteiger partial charge in [0.2, 0.25) is 0 Å². The van der Waals surface area contributed by atoms with Crippen LogP contribution in [0.1, 0.15) is 23.2 Å². The molecule has 1 amide bonds. The van der Waals surface area contributed by atoms with Gasteiger partial charge in [0.1, 0.15) is 0 Å². The predicted octanol–water partition coefficient (Wildman–Crippen LogP) is 3.28. The summed E-state index contributed by atoms with van der Waals surface area (Å²) in [6.07, 6.45) is 1.94. The number of carbonyl (C=O) groups excluding carboxylic acids is 1. The van der Waals surface area contributed by atoms with Crippen molar-refractivity contribution in [3.8, 4) is 11.5 Å². The topological polar surface area (TPSA) is 79.9 Å². The molecule has 0 aliphatic carbocycles. The maximum atomic E-state index is 12.9. The summed E-state index contributed by atoms with van der Waals surface area (Å²) in [7, 11) is 2.00. The minimum Gasteiger partial charge on any atom is -0.352 e. The van der Waals surface area contributed by atoms with Crippen LogP contribution in [0.2, 0.25) is 0 Å². The molecule has 142 valence electrons. The van der Waals surface area contributed by atoms with Crippen molar-refractivity contribution in [2.75, 3.05) is 13.1 Å². The van der Waals surface area contributed by atoms with Gasteiger partial charge in [0.25, 0.3) is 5.91 Å². The van der Waals surface area contributed by atoms with Crippen molar-refractivity contribution in [3.05, 3.63) is 54.1 Å². The summed E-state index contributed by atoms with van der Waals surface area (Å²) in [5.74, 6) is 0.894. The molecule has 28 heavy (non-hydrogen) atoms. The zero-order valence-electron chi connectivity index (χ0n) is 15.9. The molecule has 1 saturated heterocycles. The monoisotopic (exact) mass is 373 g/mol. The average Bonchev–Trinajstić information content (AvgIpc) is 3.28. The van der Waals surface area contributed by atoms with Crippen molar-refractivity contribution < 1.29 is 4.79 Å². The Bertz CT molecular complexity index is 1160. The number of aryl methyl sites for hydroxylation is 1. The number of imidazole rings is 1. The van der Waals surface area contributed by atoms with Gasteiger partial charge in [-0.3, -0.25) is 4.79 Å². The number of aromatic amines is 1. The second-order valence-electron chi connectivity index (χ2n) is 7.62. The quantitative estimate of drug-likeness (QED) is 0.566. The normalized spacial score (nSPS) is 17.5. The molecule has 6 nitrogen and oxygen atoms in total. The molecule has 0 spiro atoms. The number of aromatic nitrogens is 3. The van der Waals surface area contributed by atoms with E-state index in [0.29, 0.717) is 12.1 Å². The number of fused-ring (bicyclic) bond motifs is 2. The van der Waals surface area contributed by atoms with Crippen LogP contribution in [0.4, 0.5) is 0 Å². The molecule has 0 saturated carbocycles. The molecule has 0 bridgehead atoms. The van der Waals surface area contributed by atoms with E-state index in [4.69, 9.17) is 10.7 Å². The van der Waals surface area contributed by atoms with Crippen LogP contribution in [-0.2, 0) is 7.05 Å². The Morgan fingerprint density at radius 1 is 1.21 bits per heavy atom. The lowest BCUT2D eigenvalue weighted by atomic mass is 10.1. The van der Waals surface area contributed by atoms with Crippen LogP contribution in [0.15, 0.2) is 48.5 Å². The number of rotatable bonds is 2. The van der Waals surface area contributed by atoms with E-state index in [1.54, 1.807) is 0 Å². The Balaban J connectivity index is 1.53. The van der Waals surface area contributed by atoms with Gasteiger partial charge in [-0.2, -0.15) is 0 Å². The Kier molecular flexibility index (Phi) is 3.94. The molecular weight excluding hydrogens is 350 g/mol. The highest BCUT2D eigenvalue weighted by atomic mass is 16.2. The van der Waals surface area contributed by atoms with Crippen LogP contribution in [0.3, 0.4) is 0 Å². The highest BCUT2D eigenvalue weighted by Crippen LogP contribution is 2.27. The first-order chi connectivity index (χ1) is 13.6. The third-order valence-electron chi connectivity index (χ3n) is 5.64. The van der Waals surface area contributed by atoms with Crippen molar-refractivity contribution in [1.29, 1.82) is 0 Å². The Morgan fingerprint density at radius 2 is 2.07 bits per heavy atom. The highest BCUT2D eigenvalue weighted by Gasteiger charge is 2.23. The number of carbonyl (C=O) groups is 1. The summed E-state index contributed by atoms with van der Waals surface area (Å²) in [5, 5.41) is 1.15. The van der Waals surface area contributed by atoms with Gasteiger partial charge in [0.05, 0.1) is 16.7 Å². The Morgan fingerprint density at radius 3 is 2.89 bits per heavy atom. The summed E-state index contributed by atoms with van der Waals surface area (Å²) in [5.41, 5.74) is 10.6. The summed E-state index contributed by atoms with van der Waals surface area (Å²) >= 11 is 0. The summed E-state index contributed by atoms with van der Waals surface area (Å²) in [6.45, 7) is 1.40. The predicted molar refractivity (Wildman–Crippen MR) is 111 cm³/mol. The van der Waals surface area contributed by atoms with Gasteiger partial charge >= 0.3 is 0 Å². The van der Waals surface area contributed by atoms with Crippen LogP contribution in [0.25, 0.3) is 33.5 Å². The molecule has 1 aliphatic heterocycles. The molecule has 5 rings (SSSR count). The van der Waals surface area contributed by atoms with E-state index in [2.05, 4.69) is 27.8 Å². The number of hydrogen-bond donors (Lipinski definition) is 2. The number of nitrogens with zero attached hydrogens (tertiary/aromatic N) is 3. The van der Waals surface area contributed by atoms with E-state index >= 15 is 0 Å². The SMILES string of the molecule is Cn1c(-c2cc3ccccc3[nH]2)nc2cc(C(=O)N3CCC[C@@H](N)C3)ccc21. The molecule has 3 heterocycles. The number of piperidine rings is 1. The molecule has 2 aromatic carbocycles. The molecule has 1 aliphatic rings. The number of benzene rings is 2. The number of para-hydroxylation sites is 1. The second kappa shape index (κ2) is 6.49. The Hall–Kier alpha value is -3.12. The first-order valence-electron chi connectivity index (χ1n) is 9.69. The Labute approximate surface area is 163 Å². The molecule has 1 fully saturated rings. The van der Waals surface area contributed by atoms with E-state index in [1.807, 2.05) is 42.3 Å². The zero-order chi connectivity index (χ0) is 19.3. The largest absolute Gasteiger partial charge is 0.352 e. The van der Waals surface area contributed by atoms with E-state index < -0.39 is 0 Å². The van der Waals surface area contributed by atoms with Crippen LogP contribution in [0.5, 0.6) is 0 Å². The average molecular weight is 373 g/mol. The maximum Gasteiger partial charge on any atom is 0.253 e. The highest BCUT2D eigenvalue weighted by molar-refractivity contribution is 5.98. The smallest absolute Gasteiger partial charge is 0.253 e. The van der Waals surface area contributed by atoms with Gasteiger partial charge in [0.15, 0.2) is 5.82 Å². The fourth-order valence-electron chi connectivity index (χ4n) is 4.14. The van der Waals surface area contributed by atoms with E-state index in [-0.39, 0.29) is 11.9 Å². The molecule has 0 unspecified atom stereocenters. The van der Waals surface area contributed by atoms with Gasteiger partial charge in [-0.15, -0.1) is 0 Å². The number of likely N-dealkylation sites (tertiary alicyclic amines) is 1. The van der Waals surface area contributed by atoms with E-state index in [1.165, 1.54) is 0 Å². The molecule has 6 heteroatoms. The molecule has 2 aromatic heterocycles. The lowest BCUT2D eigenvalue weighted by molar-refractivity contribution is 0.0709. The van der Waals surface area contributed by atoms with Gasteiger partial charge in [-0.25, -0.2) is 4.98 Å². The van der Waals surface area contributed by atoms with Crippen molar-refractivity contribution in [2.45, 2.75) is 18.9 Å². The van der Waals surface area contributed by atoms with Gasteiger partial charge in [-0.1, -0.05) is 18.2 Å². The second-order valence-corrected chi connectivity index (χ2v) is 7.62. The van der Waals surface area contributed by atoms with Gasteiger partial charge in [0, 0.05) is 42.6 Å². The molecular formula is C22H23N5O. The van der Waals surface area contributed by atoms with E-state index in [9.17, 15) is 4.79 Å². The summed E-state index contributed by atoms with van der Waals surface area (Å²) < 4.78 is 2.06. The number of nitrogens with two attached hydrogens (primary N) is 1. The minimum atomic E-state index is 0.0369. The summed E-state index contributed by atoms with van der Waals surface area (Å²) in [4.78, 5) is 23.0. The van der Waals surface area contributed by atoms with Crippen LogP contribution >= 0.6 is 0 Å². The van der Waals surface area contributed by atoms with Crippen molar-refractivity contribution >= 4 is 27.8 Å². The number of H-pyrrole nitrogens is 1.